The minimum Gasteiger partial charge on any atom is -0.478 e. The van der Waals surface area contributed by atoms with Crippen LogP contribution in [-0.4, -0.2) is 27.6 Å². The van der Waals surface area contributed by atoms with Gasteiger partial charge in [0.25, 0.3) is 5.91 Å². The van der Waals surface area contributed by atoms with Gasteiger partial charge in [-0.15, -0.1) is 0 Å². The minimum absolute atomic E-state index is 0.0329. The van der Waals surface area contributed by atoms with Crippen molar-refractivity contribution in [3.63, 3.8) is 0 Å². The molecule has 0 atom stereocenters. The number of aromatic carboxylic acids is 1. The number of carbonyl (C=O) groups is 2. The Hall–Kier alpha value is -1.95. The van der Waals surface area contributed by atoms with Crippen LogP contribution in [0, 0.1) is 0 Å². The lowest BCUT2D eigenvalue weighted by molar-refractivity contribution is -0.124. The van der Waals surface area contributed by atoms with Gasteiger partial charge in [-0.1, -0.05) is 19.3 Å². The fraction of sp³-hybridized carbons (Fsp3) is 0.400. The van der Waals surface area contributed by atoms with E-state index in [2.05, 4.69) is 5.32 Å². The summed E-state index contributed by atoms with van der Waals surface area (Å²) in [5.41, 5.74) is 0.395. The molecule has 1 saturated heterocycles. The molecule has 1 aromatic carbocycles. The molecule has 0 aromatic heterocycles. The maximum Gasteiger partial charge on any atom is 0.335 e. The van der Waals surface area contributed by atoms with Crippen LogP contribution in [0.4, 0.5) is 5.69 Å². The van der Waals surface area contributed by atoms with Crippen LogP contribution in [0.3, 0.4) is 0 Å². The van der Waals surface area contributed by atoms with Gasteiger partial charge in [-0.25, -0.2) is 4.79 Å². The van der Waals surface area contributed by atoms with Gasteiger partial charge in [-0.3, -0.25) is 4.79 Å². The van der Waals surface area contributed by atoms with Crippen LogP contribution < -0.4 is 10.2 Å². The molecule has 6 heteroatoms. The van der Waals surface area contributed by atoms with Crippen LogP contribution in [0.5, 0.6) is 0 Å². The highest BCUT2D eigenvalue weighted by Gasteiger charge is 2.51. The largest absolute Gasteiger partial charge is 0.478 e. The predicted molar refractivity (Wildman–Crippen MR) is 82.4 cm³/mol. The summed E-state index contributed by atoms with van der Waals surface area (Å²) in [6.07, 6.45) is 4.69. The van der Waals surface area contributed by atoms with Crippen LogP contribution in [0.2, 0.25) is 0 Å². The van der Waals surface area contributed by atoms with Crippen molar-refractivity contribution in [3.05, 3.63) is 29.8 Å². The highest BCUT2D eigenvalue weighted by molar-refractivity contribution is 7.80. The van der Waals surface area contributed by atoms with Gasteiger partial charge in [-0.05, 0) is 49.3 Å². The number of benzene rings is 1. The molecule has 2 N–H and O–H groups in total. The Morgan fingerprint density at radius 2 is 1.81 bits per heavy atom. The highest BCUT2D eigenvalue weighted by atomic mass is 32.1. The molecule has 21 heavy (non-hydrogen) atoms. The van der Waals surface area contributed by atoms with Crippen molar-refractivity contribution in [2.45, 2.75) is 37.6 Å². The molecule has 1 spiro atoms. The zero-order valence-electron chi connectivity index (χ0n) is 11.5. The number of rotatable bonds is 2. The molecule has 1 aliphatic heterocycles. The molecule has 3 rings (SSSR count). The normalized spacial score (nSPS) is 20.7. The molecule has 0 unspecified atom stereocenters. The second-order valence-corrected chi connectivity index (χ2v) is 5.93. The number of nitrogens with one attached hydrogen (secondary N) is 1. The number of thiocarbonyl (C=S) groups is 1. The minimum atomic E-state index is -0.966. The van der Waals surface area contributed by atoms with E-state index in [4.69, 9.17) is 17.3 Å². The van der Waals surface area contributed by atoms with Crippen LogP contribution in [0.1, 0.15) is 42.5 Å². The van der Waals surface area contributed by atoms with Gasteiger partial charge >= 0.3 is 5.97 Å². The first kappa shape index (κ1) is 14.0. The first-order valence-corrected chi connectivity index (χ1v) is 7.44. The lowest BCUT2D eigenvalue weighted by Crippen LogP contribution is -2.51. The Balaban J connectivity index is 1.99. The molecule has 1 amide bonds. The Bertz CT molecular complexity index is 606. The van der Waals surface area contributed by atoms with Gasteiger partial charge < -0.3 is 15.3 Å². The molecule has 1 aromatic rings. The molecule has 110 valence electrons. The third kappa shape index (κ3) is 2.19. The maximum atomic E-state index is 12.4. The number of carboxylic acids is 1. The molecule has 1 heterocycles. The topological polar surface area (TPSA) is 69.6 Å². The number of amides is 1. The fourth-order valence-corrected chi connectivity index (χ4v) is 3.64. The molecular weight excluding hydrogens is 288 g/mol. The molecule has 1 aliphatic carbocycles. The zero-order valence-corrected chi connectivity index (χ0v) is 12.3. The van der Waals surface area contributed by atoms with Crippen molar-refractivity contribution in [2.75, 3.05) is 4.90 Å². The highest BCUT2D eigenvalue weighted by Crippen LogP contribution is 2.40. The second-order valence-electron chi connectivity index (χ2n) is 5.54. The molecule has 1 saturated carbocycles. The summed E-state index contributed by atoms with van der Waals surface area (Å²) < 4.78 is 0. The van der Waals surface area contributed by atoms with E-state index in [-0.39, 0.29) is 11.5 Å². The van der Waals surface area contributed by atoms with Gasteiger partial charge in [0.15, 0.2) is 5.11 Å². The molecule has 2 aliphatic rings. The Morgan fingerprint density at radius 3 is 2.38 bits per heavy atom. The molecule has 0 radical (unpaired) electrons. The zero-order chi connectivity index (χ0) is 15.0. The van der Waals surface area contributed by atoms with E-state index in [1.54, 1.807) is 24.3 Å². The summed E-state index contributed by atoms with van der Waals surface area (Å²) in [5.74, 6) is -0.998. The summed E-state index contributed by atoms with van der Waals surface area (Å²) in [7, 11) is 0. The van der Waals surface area contributed by atoms with Gasteiger partial charge in [0, 0.05) is 5.69 Å². The van der Waals surface area contributed by atoms with E-state index in [0.29, 0.717) is 5.11 Å². The van der Waals surface area contributed by atoms with Crippen molar-refractivity contribution < 1.29 is 14.7 Å². The van der Waals surface area contributed by atoms with Crippen LogP contribution in [-0.2, 0) is 4.79 Å². The standard InChI is InChI=1S/C15H16N2O3S/c18-12(19)10-4-6-11(7-5-10)17-14(21)16-13(20)15(17)8-2-1-3-9-15/h4-7H,1-3,8-9H2,(H,18,19)(H,16,20,21). The van der Waals surface area contributed by atoms with E-state index in [0.717, 1.165) is 37.8 Å². The first-order valence-electron chi connectivity index (χ1n) is 7.04. The van der Waals surface area contributed by atoms with E-state index < -0.39 is 11.5 Å². The monoisotopic (exact) mass is 304 g/mol. The maximum absolute atomic E-state index is 12.4. The third-order valence-corrected chi connectivity index (χ3v) is 4.61. The number of hydrogen-bond acceptors (Lipinski definition) is 3. The lowest BCUT2D eigenvalue weighted by Gasteiger charge is -2.39. The van der Waals surface area contributed by atoms with Gasteiger partial charge in [0.2, 0.25) is 0 Å². The molecule has 2 fully saturated rings. The van der Waals surface area contributed by atoms with Crippen molar-refractivity contribution >= 4 is 34.9 Å². The number of carboxylic acid groups (broad SMARTS) is 1. The van der Waals surface area contributed by atoms with Gasteiger partial charge in [0.05, 0.1) is 5.56 Å². The Labute approximate surface area is 127 Å². The second kappa shape index (κ2) is 5.11. The number of carbonyl (C=O) groups excluding carboxylic acids is 1. The van der Waals surface area contributed by atoms with E-state index >= 15 is 0 Å². The van der Waals surface area contributed by atoms with Crippen molar-refractivity contribution in [1.82, 2.24) is 5.32 Å². The van der Waals surface area contributed by atoms with E-state index in [9.17, 15) is 9.59 Å². The average Bonchev–Trinajstić information content (AvgIpc) is 2.71. The molecule has 5 nitrogen and oxygen atoms in total. The van der Waals surface area contributed by atoms with Gasteiger partial charge in [0.1, 0.15) is 5.54 Å². The third-order valence-electron chi connectivity index (χ3n) is 4.33. The summed E-state index contributed by atoms with van der Waals surface area (Å²) >= 11 is 5.32. The van der Waals surface area contributed by atoms with E-state index in [1.165, 1.54) is 0 Å². The van der Waals surface area contributed by atoms with Crippen molar-refractivity contribution in [3.8, 4) is 0 Å². The fourth-order valence-electron chi connectivity index (χ4n) is 3.27. The molecule has 0 bridgehead atoms. The van der Waals surface area contributed by atoms with Crippen LogP contribution >= 0.6 is 12.2 Å². The number of hydrogen-bond donors (Lipinski definition) is 2. The number of anilines is 1. The Kier molecular flexibility index (Phi) is 3.41. The predicted octanol–water partition coefficient (Wildman–Crippen LogP) is 2.31. The summed E-state index contributed by atoms with van der Waals surface area (Å²) in [5, 5.41) is 12.1. The summed E-state index contributed by atoms with van der Waals surface area (Å²) in [6.45, 7) is 0. The van der Waals surface area contributed by atoms with Gasteiger partial charge in [-0.2, -0.15) is 0 Å². The van der Waals surface area contributed by atoms with Crippen LogP contribution in [0.15, 0.2) is 24.3 Å². The average molecular weight is 304 g/mol. The van der Waals surface area contributed by atoms with Crippen molar-refractivity contribution in [2.24, 2.45) is 0 Å². The van der Waals surface area contributed by atoms with Crippen LogP contribution in [0.25, 0.3) is 0 Å². The smallest absolute Gasteiger partial charge is 0.335 e. The first-order chi connectivity index (χ1) is 10.0. The lowest BCUT2D eigenvalue weighted by atomic mass is 9.80. The van der Waals surface area contributed by atoms with Crippen molar-refractivity contribution in [1.29, 1.82) is 0 Å². The SMILES string of the molecule is O=C(O)c1ccc(N2C(=S)NC(=O)C23CCCCC3)cc1. The quantitative estimate of drug-likeness (QED) is 0.821. The summed E-state index contributed by atoms with van der Waals surface area (Å²) in [4.78, 5) is 25.2. The number of nitrogens with zero attached hydrogens (tertiary/aromatic N) is 1. The molecular formula is C15H16N2O3S. The van der Waals surface area contributed by atoms with E-state index in [1.807, 2.05) is 4.90 Å². The Morgan fingerprint density at radius 1 is 1.19 bits per heavy atom. The summed E-state index contributed by atoms with van der Waals surface area (Å²) in [6, 6.07) is 6.51.